The highest BCUT2D eigenvalue weighted by molar-refractivity contribution is 7.89. The maximum Gasteiger partial charge on any atom is 0.238 e. The highest BCUT2D eigenvalue weighted by atomic mass is 32.2. The fraction of sp³-hybridized carbons (Fsp3) is 0.500. The van der Waals surface area contributed by atoms with E-state index in [1.165, 1.54) is 12.1 Å². The smallest absolute Gasteiger partial charge is 0.238 e. The van der Waals surface area contributed by atoms with E-state index in [0.29, 0.717) is 12.4 Å². The molecule has 0 aliphatic carbocycles. The zero-order valence-corrected chi connectivity index (χ0v) is 11.9. The molecule has 102 valence electrons. The molecule has 0 radical (unpaired) electrons. The first-order valence-electron chi connectivity index (χ1n) is 5.55. The molecular formula is C12H19NO4S. The van der Waals surface area contributed by atoms with Crippen LogP contribution in [0.25, 0.3) is 0 Å². The molecule has 5 nitrogen and oxygen atoms in total. The Morgan fingerprint density at radius 3 is 2.17 bits per heavy atom. The van der Waals surface area contributed by atoms with Gasteiger partial charge < -0.3 is 9.47 Å². The third-order valence-electron chi connectivity index (χ3n) is 2.63. The van der Waals surface area contributed by atoms with Crippen molar-refractivity contribution in [2.75, 3.05) is 13.7 Å². The van der Waals surface area contributed by atoms with Gasteiger partial charge in [-0.25, -0.2) is 13.6 Å². The Morgan fingerprint density at radius 1 is 1.28 bits per heavy atom. The number of ether oxygens (including phenoxy) is 2. The van der Waals surface area contributed by atoms with E-state index in [0.717, 1.165) is 11.1 Å². The number of hydrogen-bond acceptors (Lipinski definition) is 4. The standard InChI is InChI=1S/C12H19NO4S/c1-8-5-11(18(13,14)15)6-9(2)12(8)17-7-10(3)16-4/h5-6,10H,7H2,1-4H3,(H2,13,14,15). The number of rotatable bonds is 5. The number of primary sulfonamides is 1. The number of benzene rings is 1. The van der Waals surface area contributed by atoms with Gasteiger partial charge in [-0.3, -0.25) is 0 Å². The third kappa shape index (κ3) is 3.69. The monoisotopic (exact) mass is 273 g/mol. The number of hydrogen-bond donors (Lipinski definition) is 1. The molecule has 6 heteroatoms. The van der Waals surface area contributed by atoms with Crippen molar-refractivity contribution >= 4 is 10.0 Å². The van der Waals surface area contributed by atoms with E-state index in [4.69, 9.17) is 14.6 Å². The minimum atomic E-state index is -3.68. The highest BCUT2D eigenvalue weighted by Crippen LogP contribution is 2.26. The van der Waals surface area contributed by atoms with Gasteiger partial charge in [0.05, 0.1) is 11.0 Å². The molecule has 0 aliphatic heterocycles. The van der Waals surface area contributed by atoms with Gasteiger partial charge in [-0.1, -0.05) is 0 Å². The minimum Gasteiger partial charge on any atom is -0.490 e. The minimum absolute atomic E-state index is 0.0262. The second-order valence-electron chi connectivity index (χ2n) is 4.29. The summed E-state index contributed by atoms with van der Waals surface area (Å²) in [5, 5.41) is 5.10. The van der Waals surface area contributed by atoms with Crippen LogP contribution in [-0.2, 0) is 14.8 Å². The number of nitrogens with two attached hydrogens (primary N) is 1. The number of sulfonamides is 1. The van der Waals surface area contributed by atoms with E-state index in [2.05, 4.69) is 0 Å². The second kappa shape index (κ2) is 5.69. The quantitative estimate of drug-likeness (QED) is 0.878. The fourth-order valence-electron chi connectivity index (χ4n) is 1.57. The summed E-state index contributed by atoms with van der Waals surface area (Å²) in [6.45, 7) is 5.87. The van der Waals surface area contributed by atoms with Crippen molar-refractivity contribution in [1.82, 2.24) is 0 Å². The van der Waals surface area contributed by atoms with Crippen LogP contribution in [0.4, 0.5) is 0 Å². The lowest BCUT2D eigenvalue weighted by Crippen LogP contribution is -2.17. The normalized spacial score (nSPS) is 13.4. The Labute approximate surface area is 108 Å². The zero-order chi connectivity index (χ0) is 13.9. The molecule has 2 N–H and O–H groups in total. The topological polar surface area (TPSA) is 78.6 Å². The van der Waals surface area contributed by atoms with Crippen molar-refractivity contribution in [2.24, 2.45) is 5.14 Å². The maximum absolute atomic E-state index is 11.3. The average molecular weight is 273 g/mol. The van der Waals surface area contributed by atoms with Gasteiger partial charge in [0.1, 0.15) is 12.4 Å². The molecule has 1 unspecified atom stereocenters. The summed E-state index contributed by atoms with van der Waals surface area (Å²) in [5.41, 5.74) is 1.48. The van der Waals surface area contributed by atoms with Crippen LogP contribution in [0.15, 0.2) is 17.0 Å². The average Bonchev–Trinajstić information content (AvgIpc) is 2.26. The molecule has 0 spiro atoms. The summed E-state index contributed by atoms with van der Waals surface area (Å²) >= 11 is 0. The van der Waals surface area contributed by atoms with Gasteiger partial charge in [0.25, 0.3) is 0 Å². The van der Waals surface area contributed by atoms with Gasteiger partial charge in [-0.05, 0) is 44.0 Å². The maximum atomic E-state index is 11.3. The van der Waals surface area contributed by atoms with Crippen LogP contribution < -0.4 is 9.88 Å². The predicted molar refractivity (Wildman–Crippen MR) is 69.3 cm³/mol. The van der Waals surface area contributed by atoms with E-state index >= 15 is 0 Å². The van der Waals surface area contributed by atoms with Crippen molar-refractivity contribution in [3.63, 3.8) is 0 Å². The summed E-state index contributed by atoms with van der Waals surface area (Å²) < 4.78 is 33.3. The Kier molecular flexibility index (Phi) is 4.72. The summed E-state index contributed by atoms with van der Waals surface area (Å²) in [7, 11) is -2.07. The van der Waals surface area contributed by atoms with E-state index < -0.39 is 10.0 Å². The molecule has 1 aromatic carbocycles. The van der Waals surface area contributed by atoms with Gasteiger partial charge in [0.2, 0.25) is 10.0 Å². The number of aryl methyl sites for hydroxylation is 2. The van der Waals surface area contributed by atoms with Crippen molar-refractivity contribution in [1.29, 1.82) is 0 Å². The molecule has 0 saturated heterocycles. The molecule has 0 aliphatic rings. The van der Waals surface area contributed by atoms with Gasteiger partial charge in [-0.2, -0.15) is 0 Å². The summed E-state index contributed by atoms with van der Waals surface area (Å²) in [6, 6.07) is 3.02. The molecule has 18 heavy (non-hydrogen) atoms. The molecule has 0 saturated carbocycles. The van der Waals surface area contributed by atoms with Crippen LogP contribution >= 0.6 is 0 Å². The zero-order valence-electron chi connectivity index (χ0n) is 11.1. The molecule has 1 rings (SSSR count). The van der Waals surface area contributed by atoms with Crippen molar-refractivity contribution in [2.45, 2.75) is 31.8 Å². The molecule has 1 atom stereocenters. The molecule has 0 bridgehead atoms. The van der Waals surface area contributed by atoms with Gasteiger partial charge >= 0.3 is 0 Å². The molecule has 0 heterocycles. The Hall–Kier alpha value is -1.11. The van der Waals surface area contributed by atoms with Crippen LogP contribution in [0.2, 0.25) is 0 Å². The van der Waals surface area contributed by atoms with Crippen LogP contribution in [0.3, 0.4) is 0 Å². The van der Waals surface area contributed by atoms with Crippen molar-refractivity contribution in [3.8, 4) is 5.75 Å². The van der Waals surface area contributed by atoms with Crippen LogP contribution in [-0.4, -0.2) is 28.2 Å². The fourth-order valence-corrected chi connectivity index (χ4v) is 2.25. The SMILES string of the molecule is COC(C)COc1c(C)cc(S(N)(=O)=O)cc1C. The van der Waals surface area contributed by atoms with E-state index in [-0.39, 0.29) is 11.0 Å². The van der Waals surface area contributed by atoms with Crippen LogP contribution in [0, 0.1) is 13.8 Å². The third-order valence-corrected chi connectivity index (χ3v) is 3.52. The summed E-state index contributed by atoms with van der Waals surface area (Å²) in [5.74, 6) is 0.673. The van der Waals surface area contributed by atoms with Crippen molar-refractivity contribution < 1.29 is 17.9 Å². The molecule has 0 fully saturated rings. The Morgan fingerprint density at radius 2 is 1.78 bits per heavy atom. The highest BCUT2D eigenvalue weighted by Gasteiger charge is 2.14. The largest absolute Gasteiger partial charge is 0.490 e. The van der Waals surface area contributed by atoms with Crippen LogP contribution in [0.1, 0.15) is 18.1 Å². The number of methoxy groups -OCH3 is 1. The molecule has 0 amide bonds. The summed E-state index contributed by atoms with van der Waals surface area (Å²) in [4.78, 5) is 0.102. The van der Waals surface area contributed by atoms with Crippen LogP contribution in [0.5, 0.6) is 5.75 Å². The van der Waals surface area contributed by atoms with E-state index in [1.807, 2.05) is 6.92 Å². The van der Waals surface area contributed by atoms with Gasteiger partial charge in [0.15, 0.2) is 0 Å². The molecule has 0 aromatic heterocycles. The Bertz CT molecular complexity index is 502. The van der Waals surface area contributed by atoms with Gasteiger partial charge in [0, 0.05) is 7.11 Å². The molecular weight excluding hydrogens is 254 g/mol. The second-order valence-corrected chi connectivity index (χ2v) is 5.85. The lowest BCUT2D eigenvalue weighted by molar-refractivity contribution is 0.0711. The first-order valence-corrected chi connectivity index (χ1v) is 7.10. The van der Waals surface area contributed by atoms with Gasteiger partial charge in [-0.15, -0.1) is 0 Å². The first kappa shape index (κ1) is 14.9. The Balaban J connectivity index is 3.02. The predicted octanol–water partition coefficient (Wildman–Crippen LogP) is 1.36. The first-order chi connectivity index (χ1) is 8.25. The summed E-state index contributed by atoms with van der Waals surface area (Å²) in [6.07, 6.45) is -0.0262. The lowest BCUT2D eigenvalue weighted by atomic mass is 10.1. The lowest BCUT2D eigenvalue weighted by Gasteiger charge is -2.16. The van der Waals surface area contributed by atoms with E-state index in [9.17, 15) is 8.42 Å². The molecule has 1 aromatic rings. The van der Waals surface area contributed by atoms with Crippen molar-refractivity contribution in [3.05, 3.63) is 23.3 Å². The van der Waals surface area contributed by atoms with E-state index in [1.54, 1.807) is 21.0 Å².